The van der Waals surface area contributed by atoms with Crippen LogP contribution in [-0.4, -0.2) is 10.9 Å². The second-order valence-corrected chi connectivity index (χ2v) is 7.61. The van der Waals surface area contributed by atoms with Crippen LogP contribution in [0, 0.1) is 47.9 Å². The topological polar surface area (TPSA) is 32.6 Å². The Bertz CT molecular complexity index is 526. The van der Waals surface area contributed by atoms with Gasteiger partial charge < -0.3 is 5.21 Å². The molecule has 0 aromatic carbocycles. The van der Waals surface area contributed by atoms with E-state index in [0.29, 0.717) is 11.8 Å². The van der Waals surface area contributed by atoms with E-state index < -0.39 is 0 Å². The Kier molecular flexibility index (Phi) is 3.32. The maximum Gasteiger partial charge on any atom is 0.0795 e. The fraction of sp³-hybridized carbons (Fsp3) is 0.737. The zero-order valence-electron chi connectivity index (χ0n) is 12.7. The Labute approximate surface area is 127 Å². The normalized spacial score (nSPS) is 47.0. The highest BCUT2D eigenvalue weighted by molar-refractivity contribution is 5.96. The lowest BCUT2D eigenvalue weighted by atomic mass is 9.53. The molecule has 4 rings (SSSR count). The molecule has 3 fully saturated rings. The SMILES string of the molecule is C#C[C@@H]1CC2=CC(=NO)CC[C@@H]2[C@H]2CC[C@@H]3CCC[C@H]3[C@@H]21. The van der Waals surface area contributed by atoms with Gasteiger partial charge >= 0.3 is 0 Å². The van der Waals surface area contributed by atoms with Gasteiger partial charge in [-0.25, -0.2) is 0 Å². The number of allylic oxidation sites excluding steroid dienone is 2. The summed E-state index contributed by atoms with van der Waals surface area (Å²) in [5, 5.41) is 12.5. The molecule has 0 amide bonds. The molecule has 2 nitrogen and oxygen atoms in total. The van der Waals surface area contributed by atoms with Gasteiger partial charge in [0.2, 0.25) is 0 Å². The average Bonchev–Trinajstić information content (AvgIpc) is 3.01. The summed E-state index contributed by atoms with van der Waals surface area (Å²) in [6.45, 7) is 0. The average molecular weight is 283 g/mol. The minimum atomic E-state index is 0.418. The van der Waals surface area contributed by atoms with E-state index in [2.05, 4.69) is 17.2 Å². The van der Waals surface area contributed by atoms with Crippen molar-refractivity contribution in [2.45, 2.75) is 51.4 Å². The number of fused-ring (bicyclic) bond motifs is 5. The van der Waals surface area contributed by atoms with E-state index in [9.17, 15) is 0 Å². The van der Waals surface area contributed by atoms with Crippen LogP contribution in [-0.2, 0) is 0 Å². The summed E-state index contributed by atoms with van der Waals surface area (Å²) < 4.78 is 0. The lowest BCUT2D eigenvalue weighted by molar-refractivity contribution is 0.0280. The Morgan fingerprint density at radius 2 is 2.05 bits per heavy atom. The second-order valence-electron chi connectivity index (χ2n) is 7.61. The number of nitrogens with zero attached hydrogens (tertiary/aromatic N) is 1. The maximum atomic E-state index is 9.06. The molecule has 6 atom stereocenters. The van der Waals surface area contributed by atoms with Crippen LogP contribution in [0.2, 0.25) is 0 Å². The molecule has 0 saturated heterocycles. The molecule has 0 aromatic rings. The molecule has 0 unspecified atom stereocenters. The number of rotatable bonds is 0. The van der Waals surface area contributed by atoms with Crippen LogP contribution >= 0.6 is 0 Å². The molecule has 112 valence electrons. The van der Waals surface area contributed by atoms with Crippen LogP contribution in [0.25, 0.3) is 0 Å². The standard InChI is InChI=1S/C19H25NO/c1-2-12-10-14-11-15(20-21)7-9-16(14)18-8-6-13-4-3-5-17(13)19(12)18/h1,11-13,16-19,21H,3-10H2/t12-,13+,16+,17-,18-,19+/m1/s1. The van der Waals surface area contributed by atoms with Crippen molar-refractivity contribution >= 4 is 5.71 Å². The van der Waals surface area contributed by atoms with E-state index >= 15 is 0 Å². The van der Waals surface area contributed by atoms with E-state index in [4.69, 9.17) is 11.6 Å². The Hall–Kier alpha value is -1.23. The summed E-state index contributed by atoms with van der Waals surface area (Å²) in [7, 11) is 0. The van der Waals surface area contributed by atoms with Crippen LogP contribution in [0.3, 0.4) is 0 Å². The highest BCUT2D eigenvalue weighted by Crippen LogP contribution is 2.58. The monoisotopic (exact) mass is 283 g/mol. The fourth-order valence-electron chi connectivity index (χ4n) is 6.13. The first-order chi connectivity index (χ1) is 10.3. The van der Waals surface area contributed by atoms with Crippen molar-refractivity contribution in [3.05, 3.63) is 11.6 Å². The summed E-state index contributed by atoms with van der Waals surface area (Å²) in [6, 6.07) is 0. The Balaban J connectivity index is 1.68. The van der Waals surface area contributed by atoms with E-state index in [1.165, 1.54) is 44.1 Å². The van der Waals surface area contributed by atoms with Crippen LogP contribution in [0.1, 0.15) is 51.4 Å². The van der Waals surface area contributed by atoms with Crippen molar-refractivity contribution in [2.75, 3.05) is 0 Å². The summed E-state index contributed by atoms with van der Waals surface area (Å²) in [5.41, 5.74) is 2.33. The highest BCUT2D eigenvalue weighted by atomic mass is 16.4. The first-order valence-electron chi connectivity index (χ1n) is 8.69. The van der Waals surface area contributed by atoms with E-state index in [0.717, 1.165) is 42.2 Å². The van der Waals surface area contributed by atoms with Crippen molar-refractivity contribution < 1.29 is 5.21 Å². The summed E-state index contributed by atoms with van der Waals surface area (Å²) in [5.74, 6) is 7.70. The first-order valence-corrected chi connectivity index (χ1v) is 8.69. The summed E-state index contributed by atoms with van der Waals surface area (Å²) in [6.07, 6.45) is 18.3. The quantitative estimate of drug-likeness (QED) is 0.402. The van der Waals surface area contributed by atoms with Crippen LogP contribution < -0.4 is 0 Å². The maximum absolute atomic E-state index is 9.06. The molecular weight excluding hydrogens is 258 g/mol. The predicted octanol–water partition coefficient (Wildman–Crippen LogP) is 4.25. The Morgan fingerprint density at radius 1 is 1.14 bits per heavy atom. The van der Waals surface area contributed by atoms with Crippen molar-refractivity contribution in [1.29, 1.82) is 0 Å². The van der Waals surface area contributed by atoms with E-state index in [-0.39, 0.29) is 0 Å². The largest absolute Gasteiger partial charge is 0.411 e. The third kappa shape index (κ3) is 2.05. The van der Waals surface area contributed by atoms with Crippen molar-refractivity contribution in [1.82, 2.24) is 0 Å². The second kappa shape index (κ2) is 5.20. The number of hydrogen-bond donors (Lipinski definition) is 1. The third-order valence-corrected chi connectivity index (χ3v) is 6.90. The zero-order chi connectivity index (χ0) is 14.4. The third-order valence-electron chi connectivity index (χ3n) is 6.90. The molecule has 4 aliphatic rings. The van der Waals surface area contributed by atoms with E-state index in [1.807, 2.05) is 0 Å². The van der Waals surface area contributed by atoms with Gasteiger partial charge in [-0.3, -0.25) is 0 Å². The van der Waals surface area contributed by atoms with Gasteiger partial charge in [-0.1, -0.05) is 23.6 Å². The van der Waals surface area contributed by atoms with Gasteiger partial charge in [0.1, 0.15) is 0 Å². The Morgan fingerprint density at radius 3 is 2.86 bits per heavy atom. The fourth-order valence-corrected chi connectivity index (χ4v) is 6.13. The molecule has 2 heteroatoms. The molecule has 0 spiro atoms. The highest BCUT2D eigenvalue weighted by Gasteiger charge is 2.50. The van der Waals surface area contributed by atoms with Gasteiger partial charge in [-0.05, 0) is 74.2 Å². The smallest absolute Gasteiger partial charge is 0.0795 e. The zero-order valence-corrected chi connectivity index (χ0v) is 12.7. The lowest BCUT2D eigenvalue weighted by Crippen LogP contribution is -2.45. The molecule has 21 heavy (non-hydrogen) atoms. The predicted molar refractivity (Wildman–Crippen MR) is 84.0 cm³/mol. The minimum Gasteiger partial charge on any atom is -0.411 e. The summed E-state index contributed by atoms with van der Waals surface area (Å²) in [4.78, 5) is 0. The minimum absolute atomic E-state index is 0.418. The molecule has 0 bridgehead atoms. The number of hydrogen-bond acceptors (Lipinski definition) is 2. The van der Waals surface area contributed by atoms with Crippen LogP contribution in [0.4, 0.5) is 0 Å². The molecule has 0 heterocycles. The van der Waals surface area contributed by atoms with Crippen LogP contribution in [0.15, 0.2) is 16.8 Å². The van der Waals surface area contributed by atoms with Gasteiger partial charge in [-0.15, -0.1) is 12.3 Å². The molecule has 1 N–H and O–H groups in total. The van der Waals surface area contributed by atoms with Gasteiger partial charge in [0.05, 0.1) is 5.71 Å². The van der Waals surface area contributed by atoms with Gasteiger partial charge in [0.25, 0.3) is 0 Å². The van der Waals surface area contributed by atoms with Gasteiger partial charge in [0.15, 0.2) is 0 Å². The van der Waals surface area contributed by atoms with Crippen molar-refractivity contribution in [3.63, 3.8) is 0 Å². The van der Waals surface area contributed by atoms with Crippen LogP contribution in [0.5, 0.6) is 0 Å². The molecule has 0 aliphatic heterocycles. The van der Waals surface area contributed by atoms with Gasteiger partial charge in [-0.2, -0.15) is 0 Å². The first kappa shape index (κ1) is 13.4. The van der Waals surface area contributed by atoms with Gasteiger partial charge in [0, 0.05) is 5.92 Å². The van der Waals surface area contributed by atoms with E-state index in [1.54, 1.807) is 0 Å². The molecular formula is C19H25NO. The molecule has 0 aromatic heterocycles. The van der Waals surface area contributed by atoms with Crippen molar-refractivity contribution in [3.8, 4) is 12.3 Å². The molecule has 0 radical (unpaired) electrons. The lowest BCUT2D eigenvalue weighted by Gasteiger charge is -2.51. The van der Waals surface area contributed by atoms with Crippen molar-refractivity contribution in [2.24, 2.45) is 40.7 Å². The molecule has 3 saturated carbocycles. The summed E-state index contributed by atoms with van der Waals surface area (Å²) >= 11 is 0. The number of terminal acetylenes is 1. The number of oxime groups is 1. The molecule has 4 aliphatic carbocycles.